The van der Waals surface area contributed by atoms with Gasteiger partial charge in [0, 0.05) is 0 Å². The first-order valence-corrected chi connectivity index (χ1v) is 11.4. The van der Waals surface area contributed by atoms with Gasteiger partial charge in [0.1, 0.15) is 18.0 Å². The van der Waals surface area contributed by atoms with E-state index in [9.17, 15) is 18.8 Å². The van der Waals surface area contributed by atoms with E-state index in [1.165, 1.54) is 48.5 Å². The molecule has 11 heteroatoms. The number of hydrogen-bond donors (Lipinski definition) is 1. The second-order valence-corrected chi connectivity index (χ2v) is 8.91. The van der Waals surface area contributed by atoms with Crippen LogP contribution in [0, 0.1) is 5.82 Å². The lowest BCUT2D eigenvalue weighted by atomic mass is 10.1. The van der Waals surface area contributed by atoms with Crippen LogP contribution in [0.15, 0.2) is 60.2 Å². The molecule has 0 aromatic heterocycles. The van der Waals surface area contributed by atoms with Gasteiger partial charge in [-0.05, 0) is 59.7 Å². The maximum Gasteiger partial charge on any atom is 0.335 e. The van der Waals surface area contributed by atoms with E-state index < -0.39 is 17.8 Å². The number of barbiturate groups is 1. The topological polar surface area (TPSA) is 75.7 Å². The fraction of sp³-hybridized carbons (Fsp3) is 0.0417. The summed E-state index contributed by atoms with van der Waals surface area (Å²) < 4.78 is 18.7. The molecule has 178 valence electrons. The van der Waals surface area contributed by atoms with Gasteiger partial charge in [-0.25, -0.2) is 14.1 Å². The Hall–Kier alpha value is -3.10. The number of urea groups is 1. The van der Waals surface area contributed by atoms with Crippen LogP contribution >= 0.6 is 46.4 Å². The van der Waals surface area contributed by atoms with Gasteiger partial charge in [0.25, 0.3) is 11.8 Å². The highest BCUT2D eigenvalue weighted by molar-refractivity contribution is 6.43. The van der Waals surface area contributed by atoms with Gasteiger partial charge >= 0.3 is 6.03 Å². The maximum absolute atomic E-state index is 13.1. The average molecular weight is 554 g/mol. The summed E-state index contributed by atoms with van der Waals surface area (Å²) in [4.78, 5) is 38.6. The fourth-order valence-corrected chi connectivity index (χ4v) is 4.12. The zero-order chi connectivity index (χ0) is 25.3. The SMILES string of the molecule is O=C1NC(=O)N(c2ccc(Cl)c(Cl)c2)C(=O)/C1=C/c1cc(Cl)c(OCc2ccc(F)cc2)c(Cl)c1. The minimum absolute atomic E-state index is 0.0851. The minimum Gasteiger partial charge on any atom is -0.486 e. The molecule has 0 bridgehead atoms. The molecule has 1 N–H and O–H groups in total. The lowest BCUT2D eigenvalue weighted by molar-refractivity contribution is -0.122. The van der Waals surface area contributed by atoms with Crippen molar-refractivity contribution in [3.05, 3.63) is 97.2 Å². The summed E-state index contributed by atoms with van der Waals surface area (Å²) in [6.45, 7) is 0.0851. The molecule has 4 amide bonds. The lowest BCUT2D eigenvalue weighted by Gasteiger charge is -2.26. The van der Waals surface area contributed by atoms with Gasteiger partial charge in [-0.3, -0.25) is 14.9 Å². The van der Waals surface area contributed by atoms with Crippen LogP contribution < -0.4 is 15.0 Å². The second kappa shape index (κ2) is 10.3. The van der Waals surface area contributed by atoms with Crippen LogP contribution in [0.1, 0.15) is 11.1 Å². The zero-order valence-corrected chi connectivity index (χ0v) is 20.5. The number of nitrogens with one attached hydrogen (secondary N) is 1. The predicted molar refractivity (Wildman–Crippen MR) is 133 cm³/mol. The number of amides is 4. The van der Waals surface area contributed by atoms with E-state index in [0.29, 0.717) is 11.1 Å². The molecule has 1 heterocycles. The molecule has 3 aromatic rings. The number of carbonyl (C=O) groups is 3. The first-order chi connectivity index (χ1) is 16.6. The van der Waals surface area contributed by atoms with Crippen molar-refractivity contribution in [2.24, 2.45) is 0 Å². The summed E-state index contributed by atoms with van der Waals surface area (Å²) in [6, 6.07) is 11.8. The van der Waals surface area contributed by atoms with Crippen molar-refractivity contribution in [2.45, 2.75) is 6.61 Å². The molecule has 4 rings (SSSR count). The molecule has 0 atom stereocenters. The normalized spacial score (nSPS) is 14.9. The number of carbonyl (C=O) groups excluding carboxylic acids is 3. The third kappa shape index (κ3) is 5.44. The number of nitrogens with zero attached hydrogens (tertiary/aromatic N) is 1. The Kier molecular flexibility index (Phi) is 7.33. The van der Waals surface area contributed by atoms with Crippen LogP contribution in [0.2, 0.25) is 20.1 Å². The van der Waals surface area contributed by atoms with Crippen molar-refractivity contribution in [1.29, 1.82) is 0 Å². The number of imide groups is 2. The molecular formula is C24H13Cl4FN2O4. The number of halogens is 5. The molecule has 0 unspecified atom stereocenters. The minimum atomic E-state index is -0.934. The van der Waals surface area contributed by atoms with E-state index in [1.807, 2.05) is 0 Å². The summed E-state index contributed by atoms with van der Waals surface area (Å²) in [6.07, 6.45) is 1.25. The molecule has 0 spiro atoms. The third-order valence-electron chi connectivity index (χ3n) is 4.89. The fourth-order valence-electron chi connectivity index (χ4n) is 3.22. The third-order valence-corrected chi connectivity index (χ3v) is 6.19. The highest BCUT2D eigenvalue weighted by atomic mass is 35.5. The lowest BCUT2D eigenvalue weighted by Crippen LogP contribution is -2.54. The maximum atomic E-state index is 13.1. The molecule has 1 aliphatic heterocycles. The molecule has 1 aliphatic rings. The molecule has 3 aromatic carbocycles. The highest BCUT2D eigenvalue weighted by Gasteiger charge is 2.37. The highest BCUT2D eigenvalue weighted by Crippen LogP contribution is 2.36. The van der Waals surface area contributed by atoms with E-state index in [-0.39, 0.29) is 49.5 Å². The van der Waals surface area contributed by atoms with Gasteiger partial charge in [-0.2, -0.15) is 0 Å². The smallest absolute Gasteiger partial charge is 0.335 e. The van der Waals surface area contributed by atoms with Crippen LogP contribution in [-0.2, 0) is 16.2 Å². The van der Waals surface area contributed by atoms with Crippen LogP contribution in [0.3, 0.4) is 0 Å². The van der Waals surface area contributed by atoms with Crippen molar-refractivity contribution in [1.82, 2.24) is 5.32 Å². The monoisotopic (exact) mass is 552 g/mol. The Labute approximate surface area is 218 Å². The Balaban J connectivity index is 1.61. The molecule has 1 saturated heterocycles. The summed E-state index contributed by atoms with van der Waals surface area (Å²) in [5.74, 6) is -1.96. The molecule has 0 aliphatic carbocycles. The first kappa shape index (κ1) is 25.0. The van der Waals surface area contributed by atoms with Crippen molar-refractivity contribution >= 4 is 76.0 Å². The van der Waals surface area contributed by atoms with E-state index >= 15 is 0 Å². The van der Waals surface area contributed by atoms with Crippen LogP contribution in [0.4, 0.5) is 14.9 Å². The Bertz CT molecular complexity index is 1370. The van der Waals surface area contributed by atoms with Gasteiger partial charge in [-0.15, -0.1) is 0 Å². The number of hydrogen-bond acceptors (Lipinski definition) is 4. The number of benzene rings is 3. The molecule has 35 heavy (non-hydrogen) atoms. The molecule has 1 fully saturated rings. The Morgan fingerprint density at radius 2 is 1.51 bits per heavy atom. The van der Waals surface area contributed by atoms with E-state index in [2.05, 4.69) is 5.32 Å². The molecule has 0 saturated carbocycles. The van der Waals surface area contributed by atoms with Gasteiger partial charge in [0.15, 0.2) is 5.75 Å². The van der Waals surface area contributed by atoms with Gasteiger partial charge < -0.3 is 4.74 Å². The van der Waals surface area contributed by atoms with Crippen molar-refractivity contribution in [3.63, 3.8) is 0 Å². The van der Waals surface area contributed by atoms with Gasteiger partial charge in [0.05, 0.1) is 25.8 Å². The van der Waals surface area contributed by atoms with Crippen molar-refractivity contribution in [2.75, 3.05) is 4.90 Å². The first-order valence-electron chi connectivity index (χ1n) is 9.87. The standard InChI is InChI=1S/C24H13Cl4FN2O4/c25-17-6-5-15(10-18(17)26)31-23(33)16(22(32)30-24(31)34)7-13-8-19(27)21(20(28)9-13)35-11-12-1-3-14(29)4-2-12/h1-10H,11H2,(H,30,32,34)/b16-7+. The molecular weight excluding hydrogens is 541 g/mol. The largest absolute Gasteiger partial charge is 0.486 e. The van der Waals surface area contributed by atoms with Crippen molar-refractivity contribution < 1.29 is 23.5 Å². The number of rotatable bonds is 5. The Morgan fingerprint density at radius 1 is 0.857 bits per heavy atom. The summed E-state index contributed by atoms with van der Waals surface area (Å²) in [5.41, 5.74) is 0.807. The predicted octanol–water partition coefficient (Wildman–Crippen LogP) is 6.68. The van der Waals surface area contributed by atoms with Crippen LogP contribution in [0.25, 0.3) is 6.08 Å². The Morgan fingerprint density at radius 3 is 2.14 bits per heavy atom. The van der Waals surface area contributed by atoms with Gasteiger partial charge in [0.2, 0.25) is 0 Å². The quantitative estimate of drug-likeness (QED) is 0.282. The zero-order valence-electron chi connectivity index (χ0n) is 17.5. The number of ether oxygens (including phenoxy) is 1. The molecule has 6 nitrogen and oxygen atoms in total. The second-order valence-electron chi connectivity index (χ2n) is 7.29. The summed E-state index contributed by atoms with van der Waals surface area (Å²) >= 11 is 24.6. The van der Waals surface area contributed by atoms with Crippen LogP contribution in [0.5, 0.6) is 5.75 Å². The summed E-state index contributed by atoms with van der Waals surface area (Å²) in [7, 11) is 0. The van der Waals surface area contributed by atoms with Crippen molar-refractivity contribution in [3.8, 4) is 5.75 Å². The molecule has 0 radical (unpaired) electrons. The summed E-state index contributed by atoms with van der Waals surface area (Å²) in [5, 5.41) is 2.71. The van der Waals surface area contributed by atoms with Crippen LogP contribution in [-0.4, -0.2) is 17.8 Å². The van der Waals surface area contributed by atoms with E-state index in [4.69, 9.17) is 51.1 Å². The van der Waals surface area contributed by atoms with Gasteiger partial charge in [-0.1, -0.05) is 58.5 Å². The average Bonchev–Trinajstić information content (AvgIpc) is 2.79. The van der Waals surface area contributed by atoms with E-state index in [1.54, 1.807) is 12.1 Å². The van der Waals surface area contributed by atoms with E-state index in [0.717, 1.165) is 4.90 Å². The number of anilines is 1.